The van der Waals surface area contributed by atoms with Crippen LogP contribution in [-0.4, -0.2) is 24.4 Å². The van der Waals surface area contributed by atoms with Gasteiger partial charge in [0.05, 0.1) is 15.4 Å². The summed E-state index contributed by atoms with van der Waals surface area (Å²) in [7, 11) is -3.91. The van der Waals surface area contributed by atoms with E-state index in [9.17, 15) is 23.3 Å². The Morgan fingerprint density at radius 3 is 2.30 bits per heavy atom. The van der Waals surface area contributed by atoms with E-state index in [0.717, 1.165) is 24.3 Å². The van der Waals surface area contributed by atoms with E-state index in [2.05, 4.69) is 4.72 Å². The van der Waals surface area contributed by atoms with E-state index >= 15 is 0 Å². The first-order valence-electron chi connectivity index (χ1n) is 6.36. The molecule has 0 atom stereocenters. The molecule has 2 aromatic rings. The number of sulfonamides is 1. The molecule has 0 aliphatic carbocycles. The summed E-state index contributed by atoms with van der Waals surface area (Å²) in [6.45, 7) is -0.207. The normalized spacial score (nSPS) is 11.1. The number of hydrogen-bond acceptors (Lipinski definition) is 5. The number of aromatic carboxylic acids is 1. The smallest absolute Gasteiger partial charge is 0.336 e. The van der Waals surface area contributed by atoms with Crippen LogP contribution in [0.4, 0.5) is 5.69 Å². The van der Waals surface area contributed by atoms with Gasteiger partial charge in [0.1, 0.15) is 0 Å². The molecule has 0 aliphatic heterocycles. The highest BCUT2D eigenvalue weighted by atomic mass is 32.2. The topological polar surface area (TPSA) is 127 Å². The Bertz CT molecular complexity index is 846. The Morgan fingerprint density at radius 1 is 1.13 bits per heavy atom. The fourth-order valence-corrected chi connectivity index (χ4v) is 2.89. The second-order valence-electron chi connectivity index (χ2n) is 4.54. The molecule has 0 aliphatic rings. The predicted octanol–water partition coefficient (Wildman–Crippen LogP) is 1.77. The van der Waals surface area contributed by atoms with Gasteiger partial charge < -0.3 is 5.11 Å². The van der Waals surface area contributed by atoms with Gasteiger partial charge in [-0.25, -0.2) is 17.9 Å². The number of nitrogens with zero attached hydrogens (tertiary/aromatic N) is 1. The zero-order valence-corrected chi connectivity index (χ0v) is 12.5. The van der Waals surface area contributed by atoms with E-state index < -0.39 is 20.9 Å². The quantitative estimate of drug-likeness (QED) is 0.611. The molecule has 0 radical (unpaired) electrons. The highest BCUT2D eigenvalue weighted by Gasteiger charge is 2.17. The van der Waals surface area contributed by atoms with E-state index in [1.54, 1.807) is 6.07 Å². The number of nitro benzene ring substituents is 1. The lowest BCUT2D eigenvalue weighted by Gasteiger charge is -2.09. The van der Waals surface area contributed by atoms with Crippen molar-refractivity contribution >= 4 is 21.7 Å². The van der Waals surface area contributed by atoms with Crippen LogP contribution in [0.2, 0.25) is 0 Å². The zero-order chi connectivity index (χ0) is 17.0. The predicted molar refractivity (Wildman–Crippen MR) is 80.5 cm³/mol. The Balaban J connectivity index is 2.19. The van der Waals surface area contributed by atoms with Gasteiger partial charge in [0.2, 0.25) is 10.0 Å². The highest BCUT2D eigenvalue weighted by molar-refractivity contribution is 7.89. The Labute approximate surface area is 131 Å². The van der Waals surface area contributed by atoms with E-state index in [4.69, 9.17) is 5.11 Å². The molecule has 0 bridgehead atoms. The lowest BCUT2D eigenvalue weighted by Crippen LogP contribution is -2.24. The van der Waals surface area contributed by atoms with Crippen molar-refractivity contribution < 1.29 is 23.2 Å². The number of carboxylic acids is 1. The average molecular weight is 336 g/mol. The SMILES string of the molecule is O=C(O)c1ccccc1CNS(=O)(=O)c1ccc([N+](=O)[O-])cc1. The van der Waals surface area contributed by atoms with Gasteiger partial charge >= 0.3 is 5.97 Å². The third kappa shape index (κ3) is 3.90. The van der Waals surface area contributed by atoms with Crippen LogP contribution in [0.1, 0.15) is 15.9 Å². The van der Waals surface area contributed by atoms with Crippen LogP contribution in [-0.2, 0) is 16.6 Å². The number of non-ortho nitro benzene ring substituents is 1. The summed E-state index contributed by atoms with van der Waals surface area (Å²) in [5, 5.41) is 19.6. The van der Waals surface area contributed by atoms with Crippen LogP contribution in [0.25, 0.3) is 0 Å². The summed E-state index contributed by atoms with van der Waals surface area (Å²) in [4.78, 5) is 20.9. The second-order valence-corrected chi connectivity index (χ2v) is 6.30. The van der Waals surface area contributed by atoms with Crippen molar-refractivity contribution in [1.29, 1.82) is 0 Å². The molecule has 0 aromatic heterocycles. The molecular weight excluding hydrogens is 324 g/mol. The molecule has 0 fully saturated rings. The van der Waals surface area contributed by atoms with E-state index in [1.807, 2.05) is 0 Å². The van der Waals surface area contributed by atoms with Gasteiger partial charge in [-0.2, -0.15) is 0 Å². The third-order valence-electron chi connectivity index (χ3n) is 3.06. The minimum Gasteiger partial charge on any atom is -0.478 e. The van der Waals surface area contributed by atoms with E-state index in [0.29, 0.717) is 5.56 Å². The van der Waals surface area contributed by atoms with Crippen LogP contribution in [0, 0.1) is 10.1 Å². The first-order valence-corrected chi connectivity index (χ1v) is 7.85. The Morgan fingerprint density at radius 2 is 1.74 bits per heavy atom. The average Bonchev–Trinajstić information content (AvgIpc) is 2.53. The van der Waals surface area contributed by atoms with Gasteiger partial charge in [-0.1, -0.05) is 18.2 Å². The highest BCUT2D eigenvalue weighted by Crippen LogP contribution is 2.16. The minimum absolute atomic E-state index is 0.00102. The van der Waals surface area contributed by atoms with Crippen LogP contribution < -0.4 is 4.72 Å². The molecular formula is C14H12N2O6S. The van der Waals surface area contributed by atoms with E-state index in [-0.39, 0.29) is 22.7 Å². The van der Waals surface area contributed by atoms with Crippen molar-refractivity contribution in [2.24, 2.45) is 0 Å². The summed E-state index contributed by atoms with van der Waals surface area (Å²) < 4.78 is 26.6. The Kier molecular flexibility index (Phi) is 4.72. The minimum atomic E-state index is -3.91. The van der Waals surface area contributed by atoms with Crippen molar-refractivity contribution in [3.8, 4) is 0 Å². The number of hydrogen-bond donors (Lipinski definition) is 2. The number of carboxylic acid groups (broad SMARTS) is 1. The molecule has 2 aromatic carbocycles. The van der Waals surface area contributed by atoms with Crippen molar-refractivity contribution in [2.45, 2.75) is 11.4 Å². The summed E-state index contributed by atoms with van der Waals surface area (Å²) in [6, 6.07) is 10.4. The monoisotopic (exact) mass is 336 g/mol. The molecule has 9 heteroatoms. The number of nitrogens with one attached hydrogen (secondary N) is 1. The first kappa shape index (κ1) is 16.6. The number of carbonyl (C=O) groups is 1. The molecule has 0 saturated heterocycles. The van der Waals surface area contributed by atoms with E-state index in [1.165, 1.54) is 18.2 Å². The largest absolute Gasteiger partial charge is 0.478 e. The van der Waals surface area contributed by atoms with Crippen molar-refractivity contribution in [2.75, 3.05) is 0 Å². The molecule has 2 N–H and O–H groups in total. The zero-order valence-electron chi connectivity index (χ0n) is 11.7. The molecule has 8 nitrogen and oxygen atoms in total. The summed E-state index contributed by atoms with van der Waals surface area (Å²) in [5.41, 5.74) is 0.0876. The number of rotatable bonds is 6. The van der Waals surface area contributed by atoms with Gasteiger partial charge in [-0.3, -0.25) is 10.1 Å². The van der Waals surface area contributed by atoms with Crippen LogP contribution in [0.5, 0.6) is 0 Å². The lowest BCUT2D eigenvalue weighted by molar-refractivity contribution is -0.384. The maximum atomic E-state index is 12.1. The standard InChI is InChI=1S/C14H12N2O6S/c17-14(18)13-4-2-1-3-10(13)9-15-23(21,22)12-7-5-11(6-8-12)16(19)20/h1-8,15H,9H2,(H,17,18). The Hall–Kier alpha value is -2.78. The molecule has 0 amide bonds. The molecule has 0 saturated carbocycles. The molecule has 0 heterocycles. The van der Waals surface area contributed by atoms with Gasteiger partial charge in [-0.05, 0) is 23.8 Å². The van der Waals surface area contributed by atoms with Crippen molar-refractivity contribution in [1.82, 2.24) is 4.72 Å². The third-order valence-corrected chi connectivity index (χ3v) is 4.48. The van der Waals surface area contributed by atoms with Gasteiger partial charge in [0.25, 0.3) is 5.69 Å². The maximum Gasteiger partial charge on any atom is 0.336 e. The fraction of sp³-hybridized carbons (Fsp3) is 0.0714. The number of benzene rings is 2. The molecule has 23 heavy (non-hydrogen) atoms. The van der Waals surface area contributed by atoms with Gasteiger partial charge in [0.15, 0.2) is 0 Å². The first-order chi connectivity index (χ1) is 10.8. The summed E-state index contributed by atoms with van der Waals surface area (Å²) in [6.07, 6.45) is 0. The molecule has 120 valence electrons. The van der Waals surface area contributed by atoms with Crippen LogP contribution >= 0.6 is 0 Å². The maximum absolute atomic E-state index is 12.1. The van der Waals surface area contributed by atoms with Crippen molar-refractivity contribution in [3.05, 3.63) is 69.8 Å². The number of nitro groups is 1. The summed E-state index contributed by atoms with van der Waals surface area (Å²) in [5.74, 6) is -1.16. The fourth-order valence-electron chi connectivity index (χ4n) is 1.89. The summed E-state index contributed by atoms with van der Waals surface area (Å²) >= 11 is 0. The molecule has 0 spiro atoms. The lowest BCUT2D eigenvalue weighted by atomic mass is 10.1. The van der Waals surface area contributed by atoms with Crippen LogP contribution in [0.3, 0.4) is 0 Å². The molecule has 2 rings (SSSR count). The van der Waals surface area contributed by atoms with Gasteiger partial charge in [0, 0.05) is 18.7 Å². The van der Waals surface area contributed by atoms with Crippen LogP contribution in [0.15, 0.2) is 53.4 Å². The van der Waals surface area contributed by atoms with Crippen molar-refractivity contribution in [3.63, 3.8) is 0 Å². The second kappa shape index (κ2) is 6.55. The van der Waals surface area contributed by atoms with Gasteiger partial charge in [-0.15, -0.1) is 0 Å². The molecule has 0 unspecified atom stereocenters.